The van der Waals surface area contributed by atoms with Crippen LogP contribution in [0.4, 0.5) is 0 Å². The Morgan fingerprint density at radius 1 is 0.553 bits per heavy atom. The van der Waals surface area contributed by atoms with Gasteiger partial charge in [-0.15, -0.1) is 0 Å². The van der Waals surface area contributed by atoms with E-state index < -0.39 is 148 Å². The molecule has 0 radical (unpaired) electrons. The van der Waals surface area contributed by atoms with Crippen LogP contribution in [-0.4, -0.2) is 215 Å². The van der Waals surface area contributed by atoms with Crippen molar-refractivity contribution in [2.24, 2.45) is 0 Å². The maximum absolute atomic E-state index is 13.5. The number of carbonyl (C=O) groups excluding carboxylic acids is 2. The minimum Gasteiger partial charge on any atom is -0.477 e. The molecule has 0 bridgehead atoms. The second-order valence-electron chi connectivity index (χ2n) is 26.8. The molecule has 3 saturated heterocycles. The van der Waals surface area contributed by atoms with Gasteiger partial charge in [-0.3, -0.25) is 9.59 Å². The fourth-order valence-electron chi connectivity index (χ4n) is 12.8. The standard InChI is InChI=1S/C71H130N2O21/c1-4-6-8-10-12-14-16-18-20-21-22-23-24-25-26-27-28-29-31-32-34-36-38-40-42-44-53(78)52(73-58(81)45-43-41-39-37-35-33-30-19-17-15-13-11-9-7-5-2)50-89-68-63(85)62(84)65(57(49-76)91-68)92-69-64(86)67(61(83)56(48-75)90-69)94-71(70(87)88)46-54(79)59(72-51(3)77)66(93-71)60(82)55(80)47-74/h13,15,17,19,52-57,59-69,74-76,78-80,82-86H,4-12,14,16,18,20-50H2,1-3H3,(H,72,77)(H,73,81)(H,87,88)/b15-13-,19-17-. The number of carboxylic acids is 1. The zero-order chi connectivity index (χ0) is 68.9. The van der Waals surface area contributed by atoms with Gasteiger partial charge in [-0.25, -0.2) is 4.79 Å². The van der Waals surface area contributed by atoms with Crippen LogP contribution in [-0.2, 0) is 42.8 Å². The largest absolute Gasteiger partial charge is 0.477 e. The Balaban J connectivity index is 1.55. The maximum atomic E-state index is 13.5. The van der Waals surface area contributed by atoms with E-state index >= 15 is 0 Å². The van der Waals surface area contributed by atoms with Gasteiger partial charge >= 0.3 is 5.97 Å². The Bertz CT molecular complexity index is 1990. The van der Waals surface area contributed by atoms with E-state index in [0.29, 0.717) is 19.3 Å². The predicted molar refractivity (Wildman–Crippen MR) is 357 cm³/mol. The van der Waals surface area contributed by atoms with Crippen LogP contribution in [0.5, 0.6) is 0 Å². The lowest BCUT2D eigenvalue weighted by Gasteiger charge is -2.50. The van der Waals surface area contributed by atoms with Gasteiger partial charge in [0, 0.05) is 19.8 Å². The summed E-state index contributed by atoms with van der Waals surface area (Å²) in [5.74, 6) is -6.11. The minimum absolute atomic E-state index is 0.210. The number of carboxylic acid groups (broad SMARTS) is 1. The summed E-state index contributed by atoms with van der Waals surface area (Å²) in [7, 11) is 0. The fourth-order valence-corrected chi connectivity index (χ4v) is 12.8. The van der Waals surface area contributed by atoms with Crippen LogP contribution in [0.1, 0.15) is 271 Å². The van der Waals surface area contributed by atoms with E-state index in [0.717, 1.165) is 77.6 Å². The molecule has 0 aromatic carbocycles. The molecule has 3 fully saturated rings. The van der Waals surface area contributed by atoms with Gasteiger partial charge in [0.1, 0.15) is 67.1 Å². The van der Waals surface area contributed by atoms with Crippen LogP contribution in [0, 0.1) is 0 Å². The molecule has 3 heterocycles. The molecular formula is C71H130N2O21. The molecule has 18 unspecified atom stereocenters. The number of ether oxygens (including phenoxy) is 6. The van der Waals surface area contributed by atoms with E-state index in [2.05, 4.69) is 48.8 Å². The first-order chi connectivity index (χ1) is 45.4. The number of hydrogen-bond donors (Lipinski definition) is 14. The lowest BCUT2D eigenvalue weighted by atomic mass is 9.88. The highest BCUT2D eigenvalue weighted by atomic mass is 16.8. The first-order valence-electron chi connectivity index (χ1n) is 36.7. The lowest BCUT2D eigenvalue weighted by Crippen LogP contribution is -2.70. The number of unbranched alkanes of at least 4 members (excludes halogenated alkanes) is 33. The zero-order valence-corrected chi connectivity index (χ0v) is 57.6. The van der Waals surface area contributed by atoms with E-state index in [4.69, 9.17) is 28.4 Å². The molecule has 550 valence electrons. The molecule has 23 nitrogen and oxygen atoms in total. The number of nitrogens with one attached hydrogen (secondary N) is 2. The van der Waals surface area contributed by atoms with Gasteiger partial charge in [-0.05, 0) is 38.5 Å². The molecule has 3 aliphatic heterocycles. The highest BCUT2D eigenvalue weighted by Crippen LogP contribution is 2.39. The smallest absolute Gasteiger partial charge is 0.364 e. The highest BCUT2D eigenvalue weighted by molar-refractivity contribution is 5.77. The molecule has 14 N–H and O–H groups in total. The number of aliphatic hydroxyl groups is 11. The molecule has 0 saturated carbocycles. The number of rotatable bonds is 56. The third kappa shape index (κ3) is 32.9. The van der Waals surface area contributed by atoms with Crippen LogP contribution in [0.25, 0.3) is 0 Å². The van der Waals surface area contributed by atoms with Crippen molar-refractivity contribution in [3.8, 4) is 0 Å². The number of allylic oxidation sites excluding steroid dienone is 4. The molecule has 94 heavy (non-hydrogen) atoms. The average Bonchev–Trinajstić information content (AvgIpc) is 0.762. The number of carbonyl (C=O) groups is 3. The summed E-state index contributed by atoms with van der Waals surface area (Å²) in [5, 5.41) is 136. The van der Waals surface area contributed by atoms with Crippen molar-refractivity contribution in [2.45, 2.75) is 381 Å². The molecule has 0 spiro atoms. The predicted octanol–water partition coefficient (Wildman–Crippen LogP) is 7.62. The Hall–Kier alpha value is -2.79. The second-order valence-corrected chi connectivity index (χ2v) is 26.8. The summed E-state index contributed by atoms with van der Waals surface area (Å²) in [6, 6.07) is -2.54. The van der Waals surface area contributed by atoms with Gasteiger partial charge in [0.25, 0.3) is 5.79 Å². The van der Waals surface area contributed by atoms with Crippen molar-refractivity contribution in [3.05, 3.63) is 24.3 Å². The lowest BCUT2D eigenvalue weighted by molar-refractivity contribution is -0.386. The topological polar surface area (TPSA) is 373 Å². The molecule has 0 aromatic rings. The molecule has 2 amide bonds. The van der Waals surface area contributed by atoms with Gasteiger partial charge in [-0.1, -0.05) is 237 Å². The molecule has 23 heteroatoms. The SMILES string of the molecule is CCCCC/C=C\C=C/CCCCCCCCC(=O)NC(COC1OC(CO)C(OC2OC(CO)C(O)C(OC3(C(=O)O)CC(O)C(NC(C)=O)C(C(O)C(O)CO)O3)C2O)C(O)C1O)C(O)CCCCCCCCCCCCCCCCCCCCCCCCCCC. The van der Waals surface area contributed by atoms with Gasteiger partial charge in [0.05, 0.1) is 50.7 Å². The Labute approximate surface area is 562 Å². The minimum atomic E-state index is -3.08. The Morgan fingerprint density at radius 3 is 1.49 bits per heavy atom. The van der Waals surface area contributed by atoms with Crippen molar-refractivity contribution < 1.29 is 104 Å². The van der Waals surface area contributed by atoms with Gasteiger partial charge in [0.2, 0.25) is 11.8 Å². The number of amides is 2. The van der Waals surface area contributed by atoms with Crippen molar-refractivity contribution in [3.63, 3.8) is 0 Å². The summed E-state index contributed by atoms with van der Waals surface area (Å²) in [6.45, 7) is 2.18. The molecule has 3 rings (SSSR count). The quantitative estimate of drug-likeness (QED) is 0.0205. The maximum Gasteiger partial charge on any atom is 0.364 e. The van der Waals surface area contributed by atoms with Crippen molar-refractivity contribution in [1.29, 1.82) is 0 Å². The van der Waals surface area contributed by atoms with Crippen LogP contribution < -0.4 is 10.6 Å². The normalized spacial score (nSPS) is 28.0. The number of aliphatic carboxylic acids is 1. The van der Waals surface area contributed by atoms with Crippen LogP contribution >= 0.6 is 0 Å². The molecule has 18 atom stereocenters. The van der Waals surface area contributed by atoms with Gasteiger partial charge in [0.15, 0.2) is 12.6 Å². The zero-order valence-electron chi connectivity index (χ0n) is 57.6. The first kappa shape index (κ1) is 85.4. The van der Waals surface area contributed by atoms with Crippen molar-refractivity contribution >= 4 is 17.8 Å². The molecule has 0 aliphatic carbocycles. The molecular weight excluding hydrogens is 1220 g/mol. The third-order valence-corrected chi connectivity index (χ3v) is 18.7. The monoisotopic (exact) mass is 1350 g/mol. The summed E-state index contributed by atoms with van der Waals surface area (Å²) in [6.07, 6.45) is 23.2. The second kappa shape index (κ2) is 51.4. The third-order valence-electron chi connectivity index (χ3n) is 18.7. The molecule has 0 aromatic heterocycles. The van der Waals surface area contributed by atoms with Crippen LogP contribution in [0.2, 0.25) is 0 Å². The van der Waals surface area contributed by atoms with E-state index in [1.807, 2.05) is 0 Å². The van der Waals surface area contributed by atoms with Gasteiger partial charge < -0.3 is 100 Å². The Kier molecular flexibility index (Phi) is 46.7. The summed E-state index contributed by atoms with van der Waals surface area (Å²) in [5.41, 5.74) is 0. The molecule has 3 aliphatic rings. The van der Waals surface area contributed by atoms with Crippen molar-refractivity contribution in [1.82, 2.24) is 10.6 Å². The Morgan fingerprint density at radius 2 is 1.01 bits per heavy atom. The average molecular weight is 1350 g/mol. The summed E-state index contributed by atoms with van der Waals surface area (Å²) >= 11 is 0. The summed E-state index contributed by atoms with van der Waals surface area (Å²) in [4.78, 5) is 38.6. The van der Waals surface area contributed by atoms with E-state index in [9.17, 15) is 75.7 Å². The summed E-state index contributed by atoms with van der Waals surface area (Å²) < 4.78 is 34.9. The number of hydrogen-bond acceptors (Lipinski definition) is 20. The van der Waals surface area contributed by atoms with Gasteiger partial charge in [-0.2, -0.15) is 0 Å². The van der Waals surface area contributed by atoms with Crippen molar-refractivity contribution in [2.75, 3.05) is 26.4 Å². The fraction of sp³-hybridized carbons (Fsp3) is 0.901. The highest BCUT2D eigenvalue weighted by Gasteiger charge is 2.60. The first-order valence-corrected chi connectivity index (χ1v) is 36.7. The number of aliphatic hydroxyl groups excluding tert-OH is 11. The van der Waals surface area contributed by atoms with E-state index in [-0.39, 0.29) is 18.9 Å². The van der Waals surface area contributed by atoms with E-state index in [1.165, 1.54) is 148 Å². The van der Waals surface area contributed by atoms with Crippen LogP contribution in [0.3, 0.4) is 0 Å². The van der Waals surface area contributed by atoms with Crippen LogP contribution in [0.15, 0.2) is 24.3 Å². The van der Waals surface area contributed by atoms with E-state index in [1.54, 1.807) is 0 Å².